The highest BCUT2D eigenvalue weighted by atomic mass is 32.2. The Labute approximate surface area is 125 Å². The second-order valence-electron chi connectivity index (χ2n) is 4.24. The van der Waals surface area contributed by atoms with E-state index in [2.05, 4.69) is 28.2 Å². The molecule has 0 amide bonds. The molecule has 0 aliphatic carbocycles. The molecule has 3 aromatic rings. The molecule has 2 heterocycles. The number of thiazole rings is 1. The Morgan fingerprint density at radius 3 is 2.60 bits per heavy atom. The first-order chi connectivity index (χ1) is 9.74. The summed E-state index contributed by atoms with van der Waals surface area (Å²) in [6, 6.07) is 14.2. The zero-order valence-corrected chi connectivity index (χ0v) is 12.5. The van der Waals surface area contributed by atoms with Crippen LogP contribution in [0.3, 0.4) is 0 Å². The maximum absolute atomic E-state index is 5.80. The van der Waals surface area contributed by atoms with Crippen LogP contribution in [0.25, 0.3) is 10.4 Å². The highest BCUT2D eigenvalue weighted by Gasteiger charge is 2.13. The number of pyridine rings is 1. The summed E-state index contributed by atoms with van der Waals surface area (Å²) in [6.45, 7) is 1.98. The lowest BCUT2D eigenvalue weighted by Crippen LogP contribution is -1.86. The van der Waals surface area contributed by atoms with Gasteiger partial charge in [0, 0.05) is 16.7 Å². The molecule has 0 aliphatic rings. The third-order valence-corrected chi connectivity index (χ3v) is 4.83. The molecular weight excluding hydrogens is 286 g/mol. The lowest BCUT2D eigenvalue weighted by Gasteiger charge is -2.06. The van der Waals surface area contributed by atoms with Gasteiger partial charge in [-0.05, 0) is 31.2 Å². The van der Waals surface area contributed by atoms with Crippen molar-refractivity contribution in [1.82, 2.24) is 9.97 Å². The second kappa shape index (κ2) is 5.64. The maximum Gasteiger partial charge on any atom is 0.180 e. The van der Waals surface area contributed by atoms with Gasteiger partial charge in [0.05, 0.1) is 10.6 Å². The van der Waals surface area contributed by atoms with Gasteiger partial charge in [-0.1, -0.05) is 41.3 Å². The number of hydrogen-bond donors (Lipinski definition) is 1. The fraction of sp³-hybridized carbons (Fsp3) is 0.0667. The molecule has 20 heavy (non-hydrogen) atoms. The number of nitrogens with two attached hydrogens (primary N) is 1. The Morgan fingerprint density at radius 2 is 1.90 bits per heavy atom. The van der Waals surface area contributed by atoms with E-state index >= 15 is 0 Å². The van der Waals surface area contributed by atoms with Crippen LogP contribution in [0, 0.1) is 6.92 Å². The number of nitrogens with zero attached hydrogens (tertiary/aromatic N) is 2. The fourth-order valence-electron chi connectivity index (χ4n) is 1.91. The van der Waals surface area contributed by atoms with Gasteiger partial charge in [-0.2, -0.15) is 0 Å². The van der Waals surface area contributed by atoms with Gasteiger partial charge in [0.25, 0.3) is 0 Å². The lowest BCUT2D eigenvalue weighted by molar-refractivity contribution is 1.13. The third kappa shape index (κ3) is 2.69. The van der Waals surface area contributed by atoms with Crippen molar-refractivity contribution in [2.45, 2.75) is 16.8 Å². The summed E-state index contributed by atoms with van der Waals surface area (Å²) in [7, 11) is 0. The van der Waals surface area contributed by atoms with Crippen LogP contribution in [0.5, 0.6) is 0 Å². The molecular formula is C15H13N3S2. The molecule has 1 aromatic carbocycles. The summed E-state index contributed by atoms with van der Waals surface area (Å²) < 4.78 is 0. The Kier molecular flexibility index (Phi) is 3.71. The first kappa shape index (κ1) is 13.1. The minimum atomic E-state index is 0.594. The van der Waals surface area contributed by atoms with E-state index in [9.17, 15) is 0 Å². The Morgan fingerprint density at radius 1 is 1.10 bits per heavy atom. The number of hydrogen-bond acceptors (Lipinski definition) is 5. The average Bonchev–Trinajstić information content (AvgIpc) is 2.79. The van der Waals surface area contributed by atoms with Crippen molar-refractivity contribution >= 4 is 28.2 Å². The molecule has 0 bridgehead atoms. The largest absolute Gasteiger partial charge is 0.375 e. The molecule has 0 aliphatic heterocycles. The summed E-state index contributed by atoms with van der Waals surface area (Å²) in [4.78, 5) is 11.1. The van der Waals surface area contributed by atoms with Crippen molar-refractivity contribution in [3.8, 4) is 10.4 Å². The van der Waals surface area contributed by atoms with E-state index in [1.807, 2.05) is 37.4 Å². The highest BCUT2D eigenvalue weighted by Crippen LogP contribution is 2.38. The molecule has 0 saturated heterocycles. The van der Waals surface area contributed by atoms with Gasteiger partial charge in [-0.25, -0.2) is 9.97 Å². The van der Waals surface area contributed by atoms with Crippen LogP contribution in [-0.4, -0.2) is 9.97 Å². The molecule has 0 unspecified atom stereocenters. The van der Waals surface area contributed by atoms with E-state index in [4.69, 9.17) is 5.73 Å². The highest BCUT2D eigenvalue weighted by molar-refractivity contribution is 7.99. The van der Waals surface area contributed by atoms with Gasteiger partial charge in [-0.3, -0.25) is 0 Å². The summed E-state index contributed by atoms with van der Waals surface area (Å²) in [6.07, 6.45) is 1.81. The Bertz CT molecular complexity index is 723. The summed E-state index contributed by atoms with van der Waals surface area (Å²) >= 11 is 3.16. The van der Waals surface area contributed by atoms with Crippen molar-refractivity contribution in [1.29, 1.82) is 0 Å². The normalized spacial score (nSPS) is 10.7. The molecule has 100 valence electrons. The molecule has 3 rings (SSSR count). The lowest BCUT2D eigenvalue weighted by atomic mass is 10.2. The fourth-order valence-corrected chi connectivity index (χ4v) is 3.75. The molecule has 0 spiro atoms. The summed E-state index contributed by atoms with van der Waals surface area (Å²) in [5.74, 6) is 0. The standard InChI is InChI=1S/C15H13N3S2/c1-10-13(20-15(16)18-10)12-8-5-9-17-14(12)19-11-6-3-2-4-7-11/h2-9H,1H3,(H2,16,18). The van der Waals surface area contributed by atoms with Gasteiger partial charge in [-0.15, -0.1) is 0 Å². The predicted octanol–water partition coefficient (Wildman–Crippen LogP) is 4.25. The Hall–Kier alpha value is -1.85. The van der Waals surface area contributed by atoms with E-state index in [0.717, 1.165) is 21.2 Å². The monoisotopic (exact) mass is 299 g/mol. The van der Waals surface area contributed by atoms with Crippen LogP contribution in [0.4, 0.5) is 5.13 Å². The number of nitrogen functional groups attached to an aromatic ring is 1. The molecule has 0 atom stereocenters. The second-order valence-corrected chi connectivity index (χ2v) is 6.33. The van der Waals surface area contributed by atoms with Gasteiger partial charge in [0.2, 0.25) is 0 Å². The van der Waals surface area contributed by atoms with Crippen LogP contribution >= 0.6 is 23.1 Å². The molecule has 2 N–H and O–H groups in total. The Balaban J connectivity index is 2.03. The summed E-state index contributed by atoms with van der Waals surface area (Å²) in [5, 5.41) is 1.57. The van der Waals surface area contributed by atoms with Crippen molar-refractivity contribution in [3.05, 3.63) is 54.4 Å². The van der Waals surface area contributed by atoms with Crippen molar-refractivity contribution < 1.29 is 0 Å². The van der Waals surface area contributed by atoms with Crippen LogP contribution < -0.4 is 5.73 Å². The topological polar surface area (TPSA) is 51.8 Å². The summed E-state index contributed by atoms with van der Waals surface area (Å²) in [5.41, 5.74) is 7.84. The number of anilines is 1. The number of benzene rings is 1. The van der Waals surface area contributed by atoms with E-state index in [1.54, 1.807) is 11.8 Å². The zero-order chi connectivity index (χ0) is 13.9. The van der Waals surface area contributed by atoms with E-state index in [-0.39, 0.29) is 0 Å². The molecule has 5 heteroatoms. The third-order valence-electron chi connectivity index (χ3n) is 2.79. The molecule has 0 saturated carbocycles. The quantitative estimate of drug-likeness (QED) is 0.785. The first-order valence-electron chi connectivity index (χ1n) is 6.15. The first-order valence-corrected chi connectivity index (χ1v) is 7.78. The van der Waals surface area contributed by atoms with Crippen molar-refractivity contribution in [3.63, 3.8) is 0 Å². The van der Waals surface area contributed by atoms with Crippen LogP contribution in [0.15, 0.2) is 58.6 Å². The van der Waals surface area contributed by atoms with Crippen LogP contribution in [0.1, 0.15) is 5.69 Å². The van der Waals surface area contributed by atoms with E-state index < -0.39 is 0 Å². The SMILES string of the molecule is Cc1nc(N)sc1-c1cccnc1Sc1ccccc1. The van der Waals surface area contributed by atoms with Crippen molar-refractivity contribution in [2.24, 2.45) is 0 Å². The zero-order valence-electron chi connectivity index (χ0n) is 10.9. The minimum absolute atomic E-state index is 0.594. The van der Waals surface area contributed by atoms with Crippen LogP contribution in [0.2, 0.25) is 0 Å². The number of rotatable bonds is 3. The minimum Gasteiger partial charge on any atom is -0.375 e. The van der Waals surface area contributed by atoms with E-state index in [1.165, 1.54) is 16.2 Å². The predicted molar refractivity (Wildman–Crippen MR) is 85.1 cm³/mol. The van der Waals surface area contributed by atoms with Gasteiger partial charge < -0.3 is 5.73 Å². The van der Waals surface area contributed by atoms with Crippen LogP contribution in [-0.2, 0) is 0 Å². The average molecular weight is 299 g/mol. The van der Waals surface area contributed by atoms with Gasteiger partial charge in [0.1, 0.15) is 5.03 Å². The maximum atomic E-state index is 5.80. The number of aromatic nitrogens is 2. The van der Waals surface area contributed by atoms with Gasteiger partial charge in [0.15, 0.2) is 5.13 Å². The molecule has 2 aromatic heterocycles. The molecule has 0 radical (unpaired) electrons. The molecule has 0 fully saturated rings. The van der Waals surface area contributed by atoms with Crippen molar-refractivity contribution in [2.75, 3.05) is 5.73 Å². The van der Waals surface area contributed by atoms with E-state index in [0.29, 0.717) is 5.13 Å². The van der Waals surface area contributed by atoms with Gasteiger partial charge >= 0.3 is 0 Å². The number of aryl methyl sites for hydroxylation is 1. The molecule has 3 nitrogen and oxygen atoms in total. The smallest absolute Gasteiger partial charge is 0.180 e.